The van der Waals surface area contributed by atoms with Crippen molar-refractivity contribution in [2.45, 2.75) is 18.4 Å². The van der Waals surface area contributed by atoms with Gasteiger partial charge >= 0.3 is 0 Å². The van der Waals surface area contributed by atoms with Crippen molar-refractivity contribution in [2.24, 2.45) is 5.73 Å². The number of nitrogens with one attached hydrogen (secondary N) is 1. The standard InChI is InChI=1S/C18H22N4O/c19-17-13-22(12-16(17)14-5-2-1-3-6-14)10-8-18(23)21-15-7-4-9-20-11-15/h1-7,9,11,16-17H,8,10,12-13,19H2,(H,21,23)/t16-,17+/m0/s1. The van der Waals surface area contributed by atoms with Crippen LogP contribution in [0.15, 0.2) is 54.9 Å². The minimum Gasteiger partial charge on any atom is -0.326 e. The van der Waals surface area contributed by atoms with E-state index in [1.165, 1.54) is 5.56 Å². The molecular formula is C18H22N4O. The van der Waals surface area contributed by atoms with Crippen LogP contribution in [0.3, 0.4) is 0 Å². The number of anilines is 1. The number of nitrogens with two attached hydrogens (primary N) is 1. The highest BCUT2D eigenvalue weighted by Crippen LogP contribution is 2.26. The quantitative estimate of drug-likeness (QED) is 0.884. The van der Waals surface area contributed by atoms with Crippen molar-refractivity contribution < 1.29 is 4.79 Å². The first kappa shape index (κ1) is 15.6. The van der Waals surface area contributed by atoms with Gasteiger partial charge in [-0.1, -0.05) is 30.3 Å². The Morgan fingerprint density at radius 2 is 2.04 bits per heavy atom. The van der Waals surface area contributed by atoms with E-state index < -0.39 is 0 Å². The largest absolute Gasteiger partial charge is 0.326 e. The van der Waals surface area contributed by atoms with E-state index >= 15 is 0 Å². The Morgan fingerprint density at radius 3 is 2.78 bits per heavy atom. The molecule has 1 amide bonds. The number of rotatable bonds is 5. The molecule has 0 unspecified atom stereocenters. The molecule has 2 atom stereocenters. The monoisotopic (exact) mass is 310 g/mol. The van der Waals surface area contributed by atoms with Crippen molar-refractivity contribution in [3.63, 3.8) is 0 Å². The van der Waals surface area contributed by atoms with E-state index in [1.54, 1.807) is 18.5 Å². The average Bonchev–Trinajstić information content (AvgIpc) is 2.96. The zero-order chi connectivity index (χ0) is 16.1. The van der Waals surface area contributed by atoms with E-state index in [9.17, 15) is 4.79 Å². The molecule has 23 heavy (non-hydrogen) atoms. The van der Waals surface area contributed by atoms with Crippen LogP contribution < -0.4 is 11.1 Å². The number of hydrogen-bond donors (Lipinski definition) is 2. The summed E-state index contributed by atoms with van der Waals surface area (Å²) in [4.78, 5) is 18.3. The Balaban J connectivity index is 1.49. The highest BCUT2D eigenvalue weighted by atomic mass is 16.1. The molecule has 120 valence electrons. The van der Waals surface area contributed by atoms with Crippen molar-refractivity contribution in [1.29, 1.82) is 0 Å². The summed E-state index contributed by atoms with van der Waals surface area (Å²) in [6.45, 7) is 2.47. The van der Waals surface area contributed by atoms with Crippen LogP contribution in [0.25, 0.3) is 0 Å². The predicted octanol–water partition coefficient (Wildman–Crippen LogP) is 1.84. The van der Waals surface area contributed by atoms with Crippen LogP contribution in [-0.2, 0) is 4.79 Å². The summed E-state index contributed by atoms with van der Waals surface area (Å²) in [5, 5.41) is 2.86. The number of aromatic nitrogens is 1. The molecule has 0 bridgehead atoms. The van der Waals surface area contributed by atoms with E-state index in [0.717, 1.165) is 25.3 Å². The normalized spacial score (nSPS) is 21.3. The molecule has 1 aromatic carbocycles. The van der Waals surface area contributed by atoms with E-state index in [4.69, 9.17) is 5.73 Å². The number of carbonyl (C=O) groups excluding carboxylic acids is 1. The Bertz CT molecular complexity index is 632. The summed E-state index contributed by atoms with van der Waals surface area (Å²) in [6, 6.07) is 14.1. The second-order valence-corrected chi connectivity index (χ2v) is 5.98. The molecule has 1 aromatic heterocycles. The lowest BCUT2D eigenvalue weighted by Crippen LogP contribution is -2.30. The van der Waals surface area contributed by atoms with E-state index in [-0.39, 0.29) is 11.9 Å². The second kappa shape index (κ2) is 7.35. The third kappa shape index (κ3) is 4.15. The van der Waals surface area contributed by atoms with Gasteiger partial charge in [0.1, 0.15) is 0 Å². The maximum absolute atomic E-state index is 12.0. The van der Waals surface area contributed by atoms with Gasteiger partial charge in [0.15, 0.2) is 0 Å². The predicted molar refractivity (Wildman–Crippen MR) is 91.1 cm³/mol. The molecule has 2 aromatic rings. The Morgan fingerprint density at radius 1 is 1.22 bits per heavy atom. The molecule has 1 saturated heterocycles. The van der Waals surface area contributed by atoms with Gasteiger partial charge in [-0.3, -0.25) is 9.78 Å². The van der Waals surface area contributed by atoms with Crippen LogP contribution in [-0.4, -0.2) is 41.5 Å². The molecule has 0 aliphatic carbocycles. The number of carbonyl (C=O) groups is 1. The summed E-state index contributed by atoms with van der Waals surface area (Å²) in [5.41, 5.74) is 8.29. The zero-order valence-electron chi connectivity index (χ0n) is 13.1. The Hall–Kier alpha value is -2.24. The first-order valence-electron chi connectivity index (χ1n) is 7.95. The van der Waals surface area contributed by atoms with Gasteiger partial charge < -0.3 is 16.0 Å². The molecular weight excluding hydrogens is 288 g/mol. The smallest absolute Gasteiger partial charge is 0.225 e. The Kier molecular flexibility index (Phi) is 5.00. The zero-order valence-corrected chi connectivity index (χ0v) is 13.1. The molecule has 1 aliphatic heterocycles. The van der Waals surface area contributed by atoms with Crippen LogP contribution in [0.4, 0.5) is 5.69 Å². The van der Waals surface area contributed by atoms with Gasteiger partial charge in [-0.25, -0.2) is 0 Å². The number of amides is 1. The molecule has 1 aliphatic rings. The summed E-state index contributed by atoms with van der Waals surface area (Å²) in [7, 11) is 0. The minimum atomic E-state index is 0.00901. The first-order chi connectivity index (χ1) is 11.2. The highest BCUT2D eigenvalue weighted by molar-refractivity contribution is 5.90. The van der Waals surface area contributed by atoms with Crippen LogP contribution in [0.2, 0.25) is 0 Å². The topological polar surface area (TPSA) is 71.2 Å². The van der Waals surface area contributed by atoms with E-state index in [0.29, 0.717) is 12.3 Å². The molecule has 3 N–H and O–H groups in total. The van der Waals surface area contributed by atoms with Gasteiger partial charge in [0.2, 0.25) is 5.91 Å². The third-order valence-corrected chi connectivity index (χ3v) is 4.27. The van der Waals surface area contributed by atoms with Gasteiger partial charge in [0.25, 0.3) is 0 Å². The van der Waals surface area contributed by atoms with Crippen molar-refractivity contribution in [2.75, 3.05) is 25.0 Å². The molecule has 0 radical (unpaired) electrons. The van der Waals surface area contributed by atoms with E-state index in [2.05, 4.69) is 27.3 Å². The lowest BCUT2D eigenvalue weighted by atomic mass is 9.95. The van der Waals surface area contributed by atoms with Crippen LogP contribution in [0, 0.1) is 0 Å². The maximum atomic E-state index is 12.0. The van der Waals surface area contributed by atoms with Crippen molar-refractivity contribution in [1.82, 2.24) is 9.88 Å². The molecule has 2 heterocycles. The third-order valence-electron chi connectivity index (χ3n) is 4.27. The summed E-state index contributed by atoms with van der Waals surface area (Å²) in [6.07, 6.45) is 3.79. The Labute approximate surface area is 136 Å². The average molecular weight is 310 g/mol. The fraction of sp³-hybridized carbons (Fsp3) is 0.333. The van der Waals surface area contributed by atoms with E-state index in [1.807, 2.05) is 24.3 Å². The highest BCUT2D eigenvalue weighted by Gasteiger charge is 2.30. The molecule has 0 saturated carbocycles. The molecule has 0 spiro atoms. The van der Waals surface area contributed by atoms with Crippen LogP contribution >= 0.6 is 0 Å². The number of benzene rings is 1. The molecule has 5 nitrogen and oxygen atoms in total. The van der Waals surface area contributed by atoms with Crippen molar-refractivity contribution >= 4 is 11.6 Å². The number of hydrogen-bond acceptors (Lipinski definition) is 4. The minimum absolute atomic E-state index is 0.00901. The van der Waals surface area contributed by atoms with Gasteiger partial charge in [-0.2, -0.15) is 0 Å². The molecule has 3 rings (SSSR count). The number of nitrogens with zero attached hydrogens (tertiary/aromatic N) is 2. The van der Waals surface area contributed by atoms with Crippen molar-refractivity contribution in [3.8, 4) is 0 Å². The summed E-state index contributed by atoms with van der Waals surface area (Å²) < 4.78 is 0. The first-order valence-corrected chi connectivity index (χ1v) is 7.95. The number of likely N-dealkylation sites (tertiary alicyclic amines) is 1. The second-order valence-electron chi connectivity index (χ2n) is 5.98. The summed E-state index contributed by atoms with van der Waals surface area (Å²) in [5.74, 6) is 0.354. The van der Waals surface area contributed by atoms with Crippen molar-refractivity contribution in [3.05, 3.63) is 60.4 Å². The van der Waals surface area contributed by atoms with Crippen LogP contribution in [0.5, 0.6) is 0 Å². The van der Waals surface area contributed by atoms with Gasteiger partial charge in [0.05, 0.1) is 11.9 Å². The summed E-state index contributed by atoms with van der Waals surface area (Å²) >= 11 is 0. The molecule has 1 fully saturated rings. The fourth-order valence-corrected chi connectivity index (χ4v) is 3.07. The SMILES string of the molecule is N[C@@H]1CN(CCC(=O)Nc2cccnc2)C[C@H]1c1ccccc1. The van der Waals surface area contributed by atoms with Crippen LogP contribution in [0.1, 0.15) is 17.9 Å². The number of pyridine rings is 1. The molecule has 5 heteroatoms. The maximum Gasteiger partial charge on any atom is 0.225 e. The lowest BCUT2D eigenvalue weighted by Gasteiger charge is -2.15. The van der Waals surface area contributed by atoms with Gasteiger partial charge in [-0.15, -0.1) is 0 Å². The lowest BCUT2D eigenvalue weighted by molar-refractivity contribution is -0.116. The van der Waals surface area contributed by atoms with Gasteiger partial charge in [0, 0.05) is 44.2 Å². The fourth-order valence-electron chi connectivity index (χ4n) is 3.07. The van der Waals surface area contributed by atoms with Gasteiger partial charge in [-0.05, 0) is 17.7 Å².